The molecule has 1 N–H and O–H groups in total. The van der Waals surface area contributed by atoms with Crippen LogP contribution in [0, 0.1) is 0 Å². The van der Waals surface area contributed by atoms with Gasteiger partial charge >= 0.3 is 23.9 Å². The fraction of sp³-hybridized carbons (Fsp3) is 0.750. The highest BCUT2D eigenvalue weighted by molar-refractivity contribution is 8.17. The Hall–Kier alpha value is -1.95. The SMILES string of the molecule is CCSC(SCC)C(NC(C)=O)C(OC(C)=O)C(OC(C)=O)C(COC(C)=O)OC(C)=O. The molecule has 0 saturated carbocycles. The molecule has 0 heterocycles. The minimum absolute atomic E-state index is 0.289. The highest BCUT2D eigenvalue weighted by atomic mass is 32.2. The van der Waals surface area contributed by atoms with Crippen molar-refractivity contribution < 1.29 is 42.9 Å². The van der Waals surface area contributed by atoms with Gasteiger partial charge in [0.05, 0.1) is 10.6 Å². The molecule has 0 rings (SSSR count). The van der Waals surface area contributed by atoms with E-state index in [1.165, 1.54) is 44.3 Å². The molecular weight excluding hydrogens is 462 g/mol. The van der Waals surface area contributed by atoms with Gasteiger partial charge in [-0.1, -0.05) is 13.8 Å². The van der Waals surface area contributed by atoms with Gasteiger partial charge in [-0.05, 0) is 11.5 Å². The van der Waals surface area contributed by atoms with Crippen molar-refractivity contribution in [3.05, 3.63) is 0 Å². The topological polar surface area (TPSA) is 134 Å². The van der Waals surface area contributed by atoms with Crippen molar-refractivity contribution in [1.29, 1.82) is 0 Å². The second-order valence-corrected chi connectivity index (χ2v) is 9.74. The van der Waals surface area contributed by atoms with Gasteiger partial charge in [0.2, 0.25) is 5.91 Å². The third-order valence-electron chi connectivity index (χ3n) is 3.74. The molecule has 12 heteroatoms. The van der Waals surface area contributed by atoms with E-state index in [1.807, 2.05) is 13.8 Å². The maximum absolute atomic E-state index is 12.0. The fourth-order valence-corrected chi connectivity index (χ4v) is 5.53. The van der Waals surface area contributed by atoms with Gasteiger partial charge in [0.15, 0.2) is 18.3 Å². The molecule has 0 saturated heterocycles. The quantitative estimate of drug-likeness (QED) is 0.214. The van der Waals surface area contributed by atoms with E-state index in [4.69, 9.17) is 18.9 Å². The normalized spacial score (nSPS) is 14.5. The van der Waals surface area contributed by atoms with Crippen molar-refractivity contribution in [2.75, 3.05) is 18.1 Å². The van der Waals surface area contributed by atoms with E-state index in [0.29, 0.717) is 11.5 Å². The number of thioether (sulfide) groups is 2. The standard InChI is InChI=1S/C20H33NO9S2/c1-8-31-20(32-9-2)17(21-11(3)22)19(30-15(7)26)18(29-14(6)25)16(28-13(5)24)10-27-12(4)23/h16-20H,8-10H2,1-7H3,(H,21,22). The first kappa shape index (κ1) is 30.0. The maximum atomic E-state index is 12.0. The Morgan fingerprint density at radius 2 is 1.19 bits per heavy atom. The van der Waals surface area contributed by atoms with Crippen molar-refractivity contribution in [3.8, 4) is 0 Å². The number of ether oxygens (including phenoxy) is 4. The summed E-state index contributed by atoms with van der Waals surface area (Å²) in [7, 11) is 0. The predicted molar refractivity (Wildman–Crippen MR) is 121 cm³/mol. The first-order valence-corrected chi connectivity index (χ1v) is 12.2. The third kappa shape index (κ3) is 12.2. The van der Waals surface area contributed by atoms with Gasteiger partial charge in [-0.3, -0.25) is 24.0 Å². The van der Waals surface area contributed by atoms with E-state index in [-0.39, 0.29) is 4.58 Å². The van der Waals surface area contributed by atoms with Gasteiger partial charge in [-0.25, -0.2) is 0 Å². The minimum Gasteiger partial charge on any atom is -0.462 e. The summed E-state index contributed by atoms with van der Waals surface area (Å²) in [5.74, 6) is -1.81. The lowest BCUT2D eigenvalue weighted by Crippen LogP contribution is -2.59. The number of carbonyl (C=O) groups is 5. The molecule has 0 spiro atoms. The van der Waals surface area contributed by atoms with E-state index in [0.717, 1.165) is 13.8 Å². The van der Waals surface area contributed by atoms with Crippen molar-refractivity contribution in [1.82, 2.24) is 5.32 Å². The minimum atomic E-state index is -1.35. The fourth-order valence-electron chi connectivity index (χ4n) is 2.81. The van der Waals surface area contributed by atoms with Gasteiger partial charge in [0, 0.05) is 34.6 Å². The summed E-state index contributed by atoms with van der Waals surface area (Å²) in [6, 6.07) is -0.814. The Balaban J connectivity index is 6.51. The first-order chi connectivity index (χ1) is 14.9. The Bertz CT molecular complexity index is 653. The lowest BCUT2D eigenvalue weighted by molar-refractivity contribution is -0.191. The zero-order chi connectivity index (χ0) is 24.8. The lowest BCUT2D eigenvalue weighted by Gasteiger charge is -2.38. The monoisotopic (exact) mass is 495 g/mol. The van der Waals surface area contributed by atoms with Crippen LogP contribution in [0.4, 0.5) is 0 Å². The Morgan fingerprint density at radius 1 is 0.719 bits per heavy atom. The Kier molecular flexibility index (Phi) is 14.8. The number of esters is 4. The van der Waals surface area contributed by atoms with Crippen LogP contribution in [0.5, 0.6) is 0 Å². The highest BCUT2D eigenvalue weighted by Gasteiger charge is 2.45. The van der Waals surface area contributed by atoms with Crippen molar-refractivity contribution in [2.45, 2.75) is 77.4 Å². The molecule has 184 valence electrons. The number of carbonyl (C=O) groups excluding carboxylic acids is 5. The molecule has 0 fully saturated rings. The molecule has 0 radical (unpaired) electrons. The molecule has 10 nitrogen and oxygen atoms in total. The smallest absolute Gasteiger partial charge is 0.303 e. The van der Waals surface area contributed by atoms with E-state index >= 15 is 0 Å². The van der Waals surface area contributed by atoms with Crippen LogP contribution in [0.15, 0.2) is 0 Å². The van der Waals surface area contributed by atoms with Crippen LogP contribution < -0.4 is 5.32 Å². The van der Waals surface area contributed by atoms with Crippen LogP contribution in [0.3, 0.4) is 0 Å². The highest BCUT2D eigenvalue weighted by Crippen LogP contribution is 2.32. The second kappa shape index (κ2) is 15.8. The largest absolute Gasteiger partial charge is 0.462 e. The Morgan fingerprint density at radius 3 is 1.56 bits per heavy atom. The molecule has 0 bridgehead atoms. The maximum Gasteiger partial charge on any atom is 0.303 e. The molecule has 4 atom stereocenters. The molecule has 32 heavy (non-hydrogen) atoms. The number of amides is 1. The molecule has 0 aliphatic heterocycles. The zero-order valence-corrected chi connectivity index (χ0v) is 21.1. The summed E-state index contributed by atoms with van der Waals surface area (Å²) < 4.78 is 20.9. The summed E-state index contributed by atoms with van der Waals surface area (Å²) in [6.45, 7) is 9.36. The van der Waals surface area contributed by atoms with Gasteiger partial charge in [0.1, 0.15) is 6.61 Å². The van der Waals surface area contributed by atoms with Crippen LogP contribution in [0.25, 0.3) is 0 Å². The summed E-state index contributed by atoms with van der Waals surface area (Å²) in [4.78, 5) is 59.1. The first-order valence-electron chi connectivity index (χ1n) is 10.1. The molecule has 0 aromatic rings. The van der Waals surface area contributed by atoms with Crippen LogP contribution in [-0.4, -0.2) is 76.8 Å². The van der Waals surface area contributed by atoms with Gasteiger partial charge in [-0.15, -0.1) is 23.5 Å². The molecule has 4 unspecified atom stereocenters. The zero-order valence-electron chi connectivity index (χ0n) is 19.5. The van der Waals surface area contributed by atoms with Crippen LogP contribution in [0.1, 0.15) is 48.5 Å². The molecule has 0 aromatic heterocycles. The molecule has 0 aliphatic rings. The summed E-state index contributed by atoms with van der Waals surface area (Å²) in [5, 5.41) is 2.78. The molecule has 0 aromatic carbocycles. The van der Waals surface area contributed by atoms with Crippen molar-refractivity contribution in [2.24, 2.45) is 0 Å². The summed E-state index contributed by atoms with van der Waals surface area (Å²) in [6.07, 6.45) is -3.86. The number of rotatable bonds is 14. The molecular formula is C20H33NO9S2. The Labute approximate surface area is 197 Å². The van der Waals surface area contributed by atoms with Crippen LogP contribution in [0.2, 0.25) is 0 Å². The van der Waals surface area contributed by atoms with Gasteiger partial charge in [0.25, 0.3) is 0 Å². The molecule has 1 amide bonds. The lowest BCUT2D eigenvalue weighted by atomic mass is 10.0. The molecule has 0 aliphatic carbocycles. The van der Waals surface area contributed by atoms with Gasteiger partial charge in [-0.2, -0.15) is 0 Å². The second-order valence-electron chi connectivity index (χ2n) is 6.60. The van der Waals surface area contributed by atoms with E-state index in [9.17, 15) is 24.0 Å². The van der Waals surface area contributed by atoms with Crippen molar-refractivity contribution >= 4 is 53.3 Å². The average molecular weight is 496 g/mol. The summed E-state index contributed by atoms with van der Waals surface area (Å²) >= 11 is 3.02. The van der Waals surface area contributed by atoms with Crippen LogP contribution in [-0.2, 0) is 42.9 Å². The number of nitrogens with one attached hydrogen (secondary N) is 1. The summed E-state index contributed by atoms with van der Waals surface area (Å²) in [5.41, 5.74) is 0. The average Bonchev–Trinajstić information content (AvgIpc) is 2.65. The van der Waals surface area contributed by atoms with E-state index in [1.54, 1.807) is 0 Å². The van der Waals surface area contributed by atoms with Crippen LogP contribution >= 0.6 is 23.5 Å². The third-order valence-corrected chi connectivity index (χ3v) is 6.47. The number of hydrogen-bond donors (Lipinski definition) is 1. The van der Waals surface area contributed by atoms with Crippen molar-refractivity contribution in [3.63, 3.8) is 0 Å². The number of hydrogen-bond acceptors (Lipinski definition) is 11. The van der Waals surface area contributed by atoms with Gasteiger partial charge < -0.3 is 24.3 Å². The predicted octanol–water partition coefficient (Wildman–Crippen LogP) is 1.68. The van der Waals surface area contributed by atoms with E-state index in [2.05, 4.69) is 5.32 Å². The van der Waals surface area contributed by atoms with E-state index < -0.39 is 60.7 Å².